The third-order valence-electron chi connectivity index (χ3n) is 3.16. The molecule has 3 heteroatoms. The minimum absolute atomic E-state index is 0.147. The van der Waals surface area contributed by atoms with Crippen molar-refractivity contribution in [3.05, 3.63) is 29.8 Å². The van der Waals surface area contributed by atoms with Crippen LogP contribution in [0.25, 0.3) is 0 Å². The van der Waals surface area contributed by atoms with Gasteiger partial charge in [0.25, 0.3) is 0 Å². The third-order valence-corrected chi connectivity index (χ3v) is 3.16. The van der Waals surface area contributed by atoms with Gasteiger partial charge in [0, 0.05) is 19.0 Å². The molecule has 1 aromatic rings. The van der Waals surface area contributed by atoms with Crippen LogP contribution >= 0.6 is 0 Å². The fourth-order valence-electron chi connectivity index (χ4n) is 2.41. The van der Waals surface area contributed by atoms with Crippen LogP contribution in [0.5, 0.6) is 5.75 Å². The van der Waals surface area contributed by atoms with Gasteiger partial charge in [-0.3, -0.25) is 4.79 Å². The van der Waals surface area contributed by atoms with Gasteiger partial charge in [0.1, 0.15) is 5.75 Å². The van der Waals surface area contributed by atoms with E-state index < -0.39 is 0 Å². The molecule has 16 heavy (non-hydrogen) atoms. The summed E-state index contributed by atoms with van der Waals surface area (Å²) >= 11 is 0. The van der Waals surface area contributed by atoms with Crippen LogP contribution in [0.4, 0.5) is 0 Å². The zero-order valence-electron chi connectivity index (χ0n) is 9.77. The highest BCUT2D eigenvalue weighted by Gasteiger charge is 2.29. The molecule has 86 valence electrons. The van der Waals surface area contributed by atoms with Crippen LogP contribution in [0.3, 0.4) is 0 Å². The van der Waals surface area contributed by atoms with E-state index in [1.807, 2.05) is 29.2 Å². The van der Waals surface area contributed by atoms with Gasteiger partial charge >= 0.3 is 0 Å². The van der Waals surface area contributed by atoms with Gasteiger partial charge in [-0.2, -0.15) is 0 Å². The second-order valence-corrected chi connectivity index (χ2v) is 4.11. The van der Waals surface area contributed by atoms with Crippen molar-refractivity contribution in [1.82, 2.24) is 4.90 Å². The summed E-state index contributed by atoms with van der Waals surface area (Å²) in [5.41, 5.74) is 1.12. The van der Waals surface area contributed by atoms with E-state index in [0.717, 1.165) is 30.7 Å². The standard InChI is InChI=1S/C13H17NO2/c1-10(15)14-9-5-7-12(14)11-6-3-4-8-13(11)16-2/h3-4,6,8,12H,5,7,9H2,1-2H3/t12-/m1/s1. The summed E-state index contributed by atoms with van der Waals surface area (Å²) in [4.78, 5) is 13.4. The summed E-state index contributed by atoms with van der Waals surface area (Å²) in [6.07, 6.45) is 2.10. The Morgan fingerprint density at radius 2 is 2.19 bits per heavy atom. The summed E-state index contributed by atoms with van der Waals surface area (Å²) in [6.45, 7) is 2.49. The Morgan fingerprint density at radius 1 is 1.44 bits per heavy atom. The molecule has 0 unspecified atom stereocenters. The van der Waals surface area contributed by atoms with Gasteiger partial charge in [0.05, 0.1) is 13.2 Å². The molecule has 0 radical (unpaired) electrons. The van der Waals surface area contributed by atoms with Crippen LogP contribution < -0.4 is 4.74 Å². The molecule has 1 fully saturated rings. The lowest BCUT2D eigenvalue weighted by Crippen LogP contribution is -2.28. The summed E-state index contributed by atoms with van der Waals surface area (Å²) in [7, 11) is 1.67. The van der Waals surface area contributed by atoms with E-state index in [1.54, 1.807) is 14.0 Å². The number of para-hydroxylation sites is 1. The van der Waals surface area contributed by atoms with Crippen LogP contribution in [0.15, 0.2) is 24.3 Å². The first-order valence-electron chi connectivity index (χ1n) is 5.64. The van der Waals surface area contributed by atoms with Crippen molar-refractivity contribution >= 4 is 5.91 Å². The van der Waals surface area contributed by atoms with Crippen LogP contribution in [0.2, 0.25) is 0 Å². The number of hydrogen-bond acceptors (Lipinski definition) is 2. The first-order valence-corrected chi connectivity index (χ1v) is 5.64. The maximum atomic E-state index is 11.5. The summed E-state index contributed by atoms with van der Waals surface area (Å²) in [6, 6.07) is 8.13. The molecule has 0 bridgehead atoms. The smallest absolute Gasteiger partial charge is 0.219 e. The lowest BCUT2D eigenvalue weighted by atomic mass is 10.0. The van der Waals surface area contributed by atoms with Crippen molar-refractivity contribution in [1.29, 1.82) is 0 Å². The zero-order valence-corrected chi connectivity index (χ0v) is 9.77. The molecule has 1 saturated heterocycles. The van der Waals surface area contributed by atoms with Gasteiger partial charge in [-0.15, -0.1) is 0 Å². The number of benzene rings is 1. The maximum Gasteiger partial charge on any atom is 0.219 e. The number of carbonyl (C=O) groups is 1. The van der Waals surface area contributed by atoms with E-state index in [9.17, 15) is 4.79 Å². The molecular weight excluding hydrogens is 202 g/mol. The van der Waals surface area contributed by atoms with E-state index in [4.69, 9.17) is 4.74 Å². The molecule has 1 atom stereocenters. The normalized spacial score (nSPS) is 19.9. The molecule has 1 aliphatic heterocycles. The lowest BCUT2D eigenvalue weighted by Gasteiger charge is -2.25. The van der Waals surface area contributed by atoms with Crippen LogP contribution in [-0.2, 0) is 4.79 Å². The van der Waals surface area contributed by atoms with E-state index in [-0.39, 0.29) is 11.9 Å². The molecule has 0 aromatic heterocycles. The van der Waals surface area contributed by atoms with Crippen molar-refractivity contribution in [2.75, 3.05) is 13.7 Å². The van der Waals surface area contributed by atoms with Gasteiger partial charge in [0.15, 0.2) is 0 Å². The number of nitrogens with zero attached hydrogens (tertiary/aromatic N) is 1. The summed E-state index contributed by atoms with van der Waals surface area (Å²) in [5, 5.41) is 0. The van der Waals surface area contributed by atoms with Crippen molar-refractivity contribution in [3.63, 3.8) is 0 Å². The Morgan fingerprint density at radius 3 is 2.88 bits per heavy atom. The van der Waals surface area contributed by atoms with E-state index in [0.29, 0.717) is 0 Å². The maximum absolute atomic E-state index is 11.5. The topological polar surface area (TPSA) is 29.5 Å². The van der Waals surface area contributed by atoms with Crippen LogP contribution in [-0.4, -0.2) is 24.5 Å². The molecule has 0 aliphatic carbocycles. The molecule has 1 aromatic carbocycles. The Balaban J connectivity index is 2.32. The van der Waals surface area contributed by atoms with Gasteiger partial charge in [-0.25, -0.2) is 0 Å². The number of rotatable bonds is 2. The molecule has 1 aliphatic rings. The average Bonchev–Trinajstić information content (AvgIpc) is 2.77. The number of amides is 1. The van der Waals surface area contributed by atoms with Crippen molar-refractivity contribution in [3.8, 4) is 5.75 Å². The minimum Gasteiger partial charge on any atom is -0.496 e. The van der Waals surface area contributed by atoms with Gasteiger partial charge < -0.3 is 9.64 Å². The number of methoxy groups -OCH3 is 1. The number of hydrogen-bond donors (Lipinski definition) is 0. The Hall–Kier alpha value is -1.51. The first-order chi connectivity index (χ1) is 7.74. The highest BCUT2D eigenvalue weighted by atomic mass is 16.5. The predicted molar refractivity (Wildman–Crippen MR) is 62.4 cm³/mol. The minimum atomic E-state index is 0.147. The quantitative estimate of drug-likeness (QED) is 0.764. The van der Waals surface area contributed by atoms with Crippen molar-refractivity contribution < 1.29 is 9.53 Å². The molecular formula is C13H17NO2. The number of likely N-dealkylation sites (tertiary alicyclic amines) is 1. The van der Waals surface area contributed by atoms with Gasteiger partial charge in [-0.05, 0) is 18.9 Å². The van der Waals surface area contributed by atoms with Crippen LogP contribution in [0.1, 0.15) is 31.4 Å². The van der Waals surface area contributed by atoms with Gasteiger partial charge in [-0.1, -0.05) is 18.2 Å². The second kappa shape index (κ2) is 4.56. The Bertz CT molecular complexity index is 389. The van der Waals surface area contributed by atoms with Crippen molar-refractivity contribution in [2.24, 2.45) is 0 Å². The molecule has 0 N–H and O–H groups in total. The summed E-state index contributed by atoms with van der Waals surface area (Å²) in [5.74, 6) is 1.02. The van der Waals surface area contributed by atoms with E-state index in [1.165, 1.54) is 0 Å². The first kappa shape index (κ1) is 11.0. The molecule has 2 rings (SSSR count). The molecule has 0 saturated carbocycles. The molecule has 1 amide bonds. The second-order valence-electron chi connectivity index (χ2n) is 4.11. The van der Waals surface area contributed by atoms with E-state index >= 15 is 0 Å². The number of carbonyl (C=O) groups excluding carboxylic acids is 1. The fourth-order valence-corrected chi connectivity index (χ4v) is 2.41. The Labute approximate surface area is 96.0 Å². The number of ether oxygens (including phenoxy) is 1. The largest absolute Gasteiger partial charge is 0.496 e. The van der Waals surface area contributed by atoms with Crippen LogP contribution in [0, 0.1) is 0 Å². The monoisotopic (exact) mass is 219 g/mol. The SMILES string of the molecule is COc1ccccc1[C@H]1CCCN1C(C)=O. The average molecular weight is 219 g/mol. The molecule has 3 nitrogen and oxygen atoms in total. The van der Waals surface area contributed by atoms with E-state index in [2.05, 4.69) is 0 Å². The van der Waals surface area contributed by atoms with Gasteiger partial charge in [0.2, 0.25) is 5.91 Å². The molecule has 0 spiro atoms. The highest BCUT2D eigenvalue weighted by molar-refractivity contribution is 5.74. The Kier molecular flexibility index (Phi) is 3.13. The predicted octanol–water partition coefficient (Wildman–Crippen LogP) is 2.38. The summed E-state index contributed by atoms with van der Waals surface area (Å²) < 4.78 is 5.35. The van der Waals surface area contributed by atoms with Crippen molar-refractivity contribution in [2.45, 2.75) is 25.8 Å². The molecule has 1 heterocycles. The zero-order chi connectivity index (χ0) is 11.5. The lowest BCUT2D eigenvalue weighted by molar-refractivity contribution is -0.129. The third kappa shape index (κ3) is 1.90. The fraction of sp³-hybridized carbons (Fsp3) is 0.462. The highest BCUT2D eigenvalue weighted by Crippen LogP contribution is 2.36.